The van der Waals surface area contributed by atoms with Gasteiger partial charge in [0.15, 0.2) is 0 Å². The Morgan fingerprint density at radius 2 is 2.00 bits per heavy atom. The second-order valence-electron chi connectivity index (χ2n) is 5.96. The zero-order valence-corrected chi connectivity index (χ0v) is 16.2. The van der Waals surface area contributed by atoms with Crippen LogP contribution in [0.15, 0.2) is 29.6 Å². The molecule has 0 aliphatic rings. The molecule has 1 atom stereocenters. The Balaban J connectivity index is 1.88. The van der Waals surface area contributed by atoms with E-state index in [1.54, 1.807) is 30.2 Å². The molecule has 1 aromatic carbocycles. The van der Waals surface area contributed by atoms with Gasteiger partial charge in [-0.2, -0.15) is 0 Å². The molecule has 0 spiro atoms. The third kappa shape index (κ3) is 5.53. The van der Waals surface area contributed by atoms with Gasteiger partial charge in [-0.25, -0.2) is 4.98 Å². The van der Waals surface area contributed by atoms with E-state index in [1.165, 1.54) is 0 Å². The quantitative estimate of drug-likeness (QED) is 0.762. The number of thiazole rings is 1. The first-order valence-corrected chi connectivity index (χ1v) is 9.90. The molecule has 0 bridgehead atoms. The Morgan fingerprint density at radius 3 is 2.62 bits per heavy atom. The van der Waals surface area contributed by atoms with Gasteiger partial charge in [-0.1, -0.05) is 13.8 Å². The minimum atomic E-state index is -0.0742. The van der Waals surface area contributed by atoms with Crippen LogP contribution in [0.3, 0.4) is 0 Å². The number of aromatic nitrogens is 1. The number of carbonyl (C=O) groups excluding carboxylic acids is 1. The molecular weight excluding hydrogens is 340 g/mol. The summed E-state index contributed by atoms with van der Waals surface area (Å²) in [6.07, 6.45) is 0. The van der Waals surface area contributed by atoms with Crippen LogP contribution in [0.1, 0.15) is 26.5 Å². The van der Waals surface area contributed by atoms with E-state index in [1.807, 2.05) is 31.2 Å². The van der Waals surface area contributed by atoms with E-state index in [9.17, 15) is 4.79 Å². The number of carbonyl (C=O) groups is 1. The summed E-state index contributed by atoms with van der Waals surface area (Å²) >= 11 is 3.24. The molecule has 0 saturated heterocycles. The Morgan fingerprint density at radius 1 is 1.29 bits per heavy atom. The second kappa shape index (κ2) is 9.08. The van der Waals surface area contributed by atoms with Gasteiger partial charge in [0, 0.05) is 23.2 Å². The van der Waals surface area contributed by atoms with Crippen LogP contribution in [0.4, 0.5) is 0 Å². The molecule has 24 heavy (non-hydrogen) atoms. The fourth-order valence-electron chi connectivity index (χ4n) is 1.97. The number of nitrogens with one attached hydrogen (secondary N) is 1. The van der Waals surface area contributed by atoms with Crippen LogP contribution >= 0.6 is 23.1 Å². The van der Waals surface area contributed by atoms with Gasteiger partial charge in [-0.05, 0) is 37.1 Å². The maximum absolute atomic E-state index is 12.0. The summed E-state index contributed by atoms with van der Waals surface area (Å²) < 4.78 is 5.17. The largest absolute Gasteiger partial charge is 0.497 e. The van der Waals surface area contributed by atoms with Crippen molar-refractivity contribution in [2.45, 2.75) is 31.8 Å². The molecule has 0 radical (unpaired) electrons. The predicted molar refractivity (Wildman–Crippen MR) is 103 cm³/mol. The molecule has 1 amide bonds. The van der Waals surface area contributed by atoms with E-state index in [4.69, 9.17) is 4.74 Å². The number of nitrogens with zero attached hydrogens (tertiary/aromatic N) is 1. The van der Waals surface area contributed by atoms with E-state index < -0.39 is 0 Å². The van der Waals surface area contributed by atoms with Gasteiger partial charge in [0.25, 0.3) is 0 Å². The molecule has 1 aromatic heterocycles. The fraction of sp³-hybridized carbons (Fsp3) is 0.444. The van der Waals surface area contributed by atoms with Crippen molar-refractivity contribution >= 4 is 29.0 Å². The number of benzene rings is 1. The normalized spacial score (nSPS) is 12.2. The lowest BCUT2D eigenvalue weighted by Crippen LogP contribution is -2.33. The molecule has 1 N–H and O–H groups in total. The predicted octanol–water partition coefficient (Wildman–Crippen LogP) is 4.21. The maximum Gasteiger partial charge on any atom is 0.232 e. The van der Waals surface area contributed by atoms with Gasteiger partial charge in [0.2, 0.25) is 5.91 Å². The zero-order valence-electron chi connectivity index (χ0n) is 14.5. The summed E-state index contributed by atoms with van der Waals surface area (Å²) in [5.74, 6) is 2.14. The molecule has 0 fully saturated rings. The first kappa shape index (κ1) is 18.8. The topological polar surface area (TPSA) is 51.2 Å². The highest BCUT2D eigenvalue weighted by Gasteiger charge is 2.14. The highest BCUT2D eigenvalue weighted by atomic mass is 32.2. The Bertz CT molecular complexity index is 653. The zero-order chi connectivity index (χ0) is 17.5. The number of amides is 1. The standard InChI is InChI=1S/C18H24N2O2S2/c1-12(2)9-19-17(21)13(3)23-10-15-11-24-18(20-15)14-5-7-16(22-4)8-6-14/h5-8,11-13H,9-10H2,1-4H3,(H,19,21)/t13-/m1/s1. The number of rotatable bonds is 8. The van der Waals surface area contributed by atoms with Gasteiger partial charge >= 0.3 is 0 Å². The van der Waals surface area contributed by atoms with Crippen molar-refractivity contribution in [1.82, 2.24) is 10.3 Å². The van der Waals surface area contributed by atoms with Gasteiger partial charge < -0.3 is 10.1 Å². The van der Waals surface area contributed by atoms with Crippen LogP contribution in [0.2, 0.25) is 0 Å². The van der Waals surface area contributed by atoms with Crippen LogP contribution in [0.25, 0.3) is 10.6 Å². The Kier molecular flexibility index (Phi) is 7.12. The van der Waals surface area contributed by atoms with Crippen molar-refractivity contribution in [3.63, 3.8) is 0 Å². The number of methoxy groups -OCH3 is 1. The van der Waals surface area contributed by atoms with Crippen molar-refractivity contribution < 1.29 is 9.53 Å². The minimum Gasteiger partial charge on any atom is -0.497 e. The van der Waals surface area contributed by atoms with Gasteiger partial charge in [-0.15, -0.1) is 23.1 Å². The van der Waals surface area contributed by atoms with E-state index >= 15 is 0 Å². The average molecular weight is 365 g/mol. The SMILES string of the molecule is COc1ccc(-c2nc(CS[C@H](C)C(=O)NCC(C)C)cs2)cc1. The number of hydrogen-bond acceptors (Lipinski definition) is 5. The van der Waals surface area contributed by atoms with Crippen LogP contribution < -0.4 is 10.1 Å². The number of hydrogen-bond donors (Lipinski definition) is 1. The van der Waals surface area contributed by atoms with Crippen molar-refractivity contribution in [3.8, 4) is 16.3 Å². The smallest absolute Gasteiger partial charge is 0.232 e. The van der Waals surface area contributed by atoms with Crippen molar-refractivity contribution in [3.05, 3.63) is 35.3 Å². The summed E-state index contributed by atoms with van der Waals surface area (Å²) in [6.45, 7) is 6.85. The van der Waals surface area contributed by atoms with E-state index in [0.717, 1.165) is 34.3 Å². The molecule has 2 aromatic rings. The first-order chi connectivity index (χ1) is 11.5. The van der Waals surface area contributed by atoms with Crippen molar-refractivity contribution in [2.75, 3.05) is 13.7 Å². The van der Waals surface area contributed by atoms with Crippen LogP contribution in [-0.2, 0) is 10.5 Å². The van der Waals surface area contributed by atoms with E-state index in [-0.39, 0.29) is 11.2 Å². The summed E-state index contributed by atoms with van der Waals surface area (Å²) in [7, 11) is 1.66. The molecule has 130 valence electrons. The molecule has 2 rings (SSSR count). The lowest BCUT2D eigenvalue weighted by molar-refractivity contribution is -0.120. The average Bonchev–Trinajstić information content (AvgIpc) is 3.06. The Labute approximate surface area is 152 Å². The molecular formula is C18H24N2O2S2. The van der Waals surface area contributed by atoms with Crippen LogP contribution in [-0.4, -0.2) is 29.8 Å². The molecule has 0 saturated carbocycles. The number of ether oxygens (including phenoxy) is 1. The molecule has 0 unspecified atom stereocenters. The lowest BCUT2D eigenvalue weighted by atomic mass is 10.2. The molecule has 6 heteroatoms. The van der Waals surface area contributed by atoms with Gasteiger partial charge in [-0.3, -0.25) is 4.79 Å². The third-order valence-electron chi connectivity index (χ3n) is 3.42. The third-order valence-corrected chi connectivity index (χ3v) is 5.54. The molecule has 0 aliphatic carbocycles. The lowest BCUT2D eigenvalue weighted by Gasteiger charge is -2.12. The first-order valence-electron chi connectivity index (χ1n) is 7.97. The van der Waals surface area contributed by atoms with E-state index in [0.29, 0.717) is 5.92 Å². The minimum absolute atomic E-state index is 0.0742. The van der Waals surface area contributed by atoms with Crippen LogP contribution in [0.5, 0.6) is 5.75 Å². The summed E-state index contributed by atoms with van der Waals surface area (Å²) in [5.41, 5.74) is 2.10. The van der Waals surface area contributed by atoms with Crippen molar-refractivity contribution in [2.24, 2.45) is 5.92 Å². The second-order valence-corrected chi connectivity index (χ2v) is 8.15. The molecule has 4 nitrogen and oxygen atoms in total. The molecule has 1 heterocycles. The number of thioether (sulfide) groups is 1. The monoisotopic (exact) mass is 364 g/mol. The van der Waals surface area contributed by atoms with Gasteiger partial charge in [0.05, 0.1) is 18.1 Å². The summed E-state index contributed by atoms with van der Waals surface area (Å²) in [5, 5.41) is 5.95. The van der Waals surface area contributed by atoms with Gasteiger partial charge in [0.1, 0.15) is 10.8 Å². The maximum atomic E-state index is 12.0. The van der Waals surface area contributed by atoms with Crippen LogP contribution in [0, 0.1) is 5.92 Å². The fourth-order valence-corrected chi connectivity index (χ4v) is 3.71. The highest BCUT2D eigenvalue weighted by Crippen LogP contribution is 2.27. The summed E-state index contributed by atoms with van der Waals surface area (Å²) in [6, 6.07) is 7.89. The highest BCUT2D eigenvalue weighted by molar-refractivity contribution is 7.99. The van der Waals surface area contributed by atoms with Crippen molar-refractivity contribution in [1.29, 1.82) is 0 Å². The Hall–Kier alpha value is -1.53. The summed E-state index contributed by atoms with van der Waals surface area (Å²) in [4.78, 5) is 16.7. The molecule has 0 aliphatic heterocycles. The van der Waals surface area contributed by atoms with E-state index in [2.05, 4.69) is 29.5 Å².